The van der Waals surface area contributed by atoms with Gasteiger partial charge >= 0.3 is 5.97 Å². The highest BCUT2D eigenvalue weighted by molar-refractivity contribution is 5.91. The number of esters is 1. The predicted octanol–water partition coefficient (Wildman–Crippen LogP) is 2.52. The molecular formula is C26H29N7O4. The van der Waals surface area contributed by atoms with Gasteiger partial charge in [0, 0.05) is 26.2 Å². The Morgan fingerprint density at radius 3 is 2.14 bits per heavy atom. The van der Waals surface area contributed by atoms with Crippen molar-refractivity contribution >= 4 is 30.0 Å². The quantitative estimate of drug-likeness (QED) is 0.223. The van der Waals surface area contributed by atoms with E-state index < -0.39 is 5.97 Å². The maximum Gasteiger partial charge on any atom is 0.343 e. The maximum atomic E-state index is 12.4. The number of hydrogen-bond donors (Lipinski definition) is 1. The van der Waals surface area contributed by atoms with Crippen LogP contribution in [0, 0.1) is 6.92 Å². The number of nitrogens with zero attached hydrogens (tertiary/aromatic N) is 6. The first-order chi connectivity index (χ1) is 18.1. The van der Waals surface area contributed by atoms with E-state index in [-0.39, 0.29) is 0 Å². The maximum absolute atomic E-state index is 12.4. The lowest BCUT2D eigenvalue weighted by Gasteiger charge is -2.30. The molecule has 37 heavy (non-hydrogen) atoms. The molecule has 2 aliphatic heterocycles. The number of nitrogens with one attached hydrogen (secondary N) is 1. The minimum absolute atomic E-state index is 0.359. The summed E-state index contributed by atoms with van der Waals surface area (Å²) in [7, 11) is 0. The summed E-state index contributed by atoms with van der Waals surface area (Å²) in [6.45, 7) is 7.35. The van der Waals surface area contributed by atoms with E-state index in [0.29, 0.717) is 55.6 Å². The van der Waals surface area contributed by atoms with Crippen LogP contribution in [0.3, 0.4) is 0 Å². The van der Waals surface area contributed by atoms with Crippen molar-refractivity contribution in [3.05, 3.63) is 65.2 Å². The van der Waals surface area contributed by atoms with Crippen molar-refractivity contribution in [1.82, 2.24) is 15.0 Å². The summed E-state index contributed by atoms with van der Waals surface area (Å²) in [6.07, 6.45) is 1.65. The first-order valence-corrected chi connectivity index (χ1v) is 12.2. The van der Waals surface area contributed by atoms with Gasteiger partial charge in [0.2, 0.25) is 17.8 Å². The van der Waals surface area contributed by atoms with Gasteiger partial charge in [0.15, 0.2) is 0 Å². The van der Waals surface area contributed by atoms with Gasteiger partial charge in [0.1, 0.15) is 5.75 Å². The third-order valence-electron chi connectivity index (χ3n) is 5.92. The zero-order valence-corrected chi connectivity index (χ0v) is 20.7. The van der Waals surface area contributed by atoms with E-state index in [0.717, 1.165) is 37.3 Å². The number of ether oxygens (including phenoxy) is 3. The lowest BCUT2D eigenvalue weighted by Crippen LogP contribution is -2.40. The number of rotatable bonds is 7. The molecule has 3 aromatic rings. The molecule has 1 aromatic heterocycles. The zero-order chi connectivity index (χ0) is 25.5. The van der Waals surface area contributed by atoms with Crippen LogP contribution in [0.25, 0.3) is 0 Å². The van der Waals surface area contributed by atoms with Crippen molar-refractivity contribution in [3.8, 4) is 5.75 Å². The monoisotopic (exact) mass is 503 g/mol. The largest absolute Gasteiger partial charge is 0.423 e. The van der Waals surface area contributed by atoms with E-state index >= 15 is 0 Å². The van der Waals surface area contributed by atoms with Gasteiger partial charge in [-0.05, 0) is 48.9 Å². The Morgan fingerprint density at radius 2 is 1.54 bits per heavy atom. The zero-order valence-electron chi connectivity index (χ0n) is 20.7. The molecule has 0 radical (unpaired) electrons. The Labute approximate surface area is 215 Å². The van der Waals surface area contributed by atoms with E-state index in [1.54, 1.807) is 30.5 Å². The van der Waals surface area contributed by atoms with Crippen LogP contribution in [0.4, 0.5) is 17.8 Å². The Balaban J connectivity index is 1.25. The predicted molar refractivity (Wildman–Crippen MR) is 140 cm³/mol. The van der Waals surface area contributed by atoms with Crippen LogP contribution in [-0.2, 0) is 9.47 Å². The second kappa shape index (κ2) is 11.8. The molecule has 2 aromatic carbocycles. The molecule has 5 rings (SSSR count). The SMILES string of the molecule is Cc1cccc(C(=O)Oc2ccc(/C=N\Nc3nc(N4CCOCC4)nc(N4CCOCC4)n3)cc2)c1. The van der Waals surface area contributed by atoms with E-state index in [4.69, 9.17) is 19.2 Å². The lowest BCUT2D eigenvalue weighted by atomic mass is 10.1. The van der Waals surface area contributed by atoms with Crippen molar-refractivity contribution in [2.45, 2.75) is 6.92 Å². The third kappa shape index (κ3) is 6.57. The highest BCUT2D eigenvalue weighted by Crippen LogP contribution is 2.19. The van der Waals surface area contributed by atoms with E-state index in [2.05, 4.69) is 30.3 Å². The van der Waals surface area contributed by atoms with E-state index in [1.807, 2.05) is 31.2 Å². The van der Waals surface area contributed by atoms with Gasteiger partial charge in [-0.1, -0.05) is 17.7 Å². The molecule has 0 spiro atoms. The van der Waals surface area contributed by atoms with Crippen molar-refractivity contribution in [2.24, 2.45) is 5.10 Å². The smallest absolute Gasteiger partial charge is 0.343 e. The summed E-state index contributed by atoms with van der Waals surface area (Å²) in [5.41, 5.74) is 5.26. The van der Waals surface area contributed by atoms with Crippen LogP contribution in [0.15, 0.2) is 53.6 Å². The summed E-state index contributed by atoms with van der Waals surface area (Å²) in [5.74, 6) is 1.61. The second-order valence-corrected chi connectivity index (χ2v) is 8.66. The number of carbonyl (C=O) groups excluding carboxylic acids is 1. The first-order valence-electron chi connectivity index (χ1n) is 12.2. The number of benzene rings is 2. The molecule has 11 heteroatoms. The van der Waals surface area contributed by atoms with Crippen molar-refractivity contribution in [3.63, 3.8) is 0 Å². The average molecular weight is 504 g/mol. The Morgan fingerprint density at radius 1 is 0.919 bits per heavy atom. The fourth-order valence-corrected chi connectivity index (χ4v) is 3.94. The fourth-order valence-electron chi connectivity index (χ4n) is 3.94. The van der Waals surface area contributed by atoms with Gasteiger partial charge in [0.25, 0.3) is 0 Å². The van der Waals surface area contributed by atoms with Crippen LogP contribution in [0.1, 0.15) is 21.5 Å². The molecular weight excluding hydrogens is 474 g/mol. The highest BCUT2D eigenvalue weighted by Gasteiger charge is 2.20. The fraction of sp³-hybridized carbons (Fsp3) is 0.346. The lowest BCUT2D eigenvalue weighted by molar-refractivity contribution is 0.0734. The molecule has 192 valence electrons. The van der Waals surface area contributed by atoms with Gasteiger partial charge in [-0.25, -0.2) is 10.2 Å². The number of hydrazone groups is 1. The molecule has 1 N–H and O–H groups in total. The van der Waals surface area contributed by atoms with Crippen LogP contribution in [0.5, 0.6) is 5.75 Å². The molecule has 0 unspecified atom stereocenters. The standard InChI is InChI=1S/C26H29N7O4/c1-19-3-2-4-21(17-19)23(34)37-22-7-5-20(6-8-22)18-27-31-24-28-25(32-9-13-35-14-10-32)30-26(29-24)33-11-15-36-16-12-33/h2-8,17-18H,9-16H2,1H3,(H,28,29,30,31)/b27-18-. The minimum Gasteiger partial charge on any atom is -0.423 e. The molecule has 3 heterocycles. The third-order valence-corrected chi connectivity index (χ3v) is 5.92. The number of anilines is 3. The molecule has 11 nitrogen and oxygen atoms in total. The molecule has 0 amide bonds. The number of aromatic nitrogens is 3. The molecule has 0 atom stereocenters. The van der Waals surface area contributed by atoms with Gasteiger partial charge in [0.05, 0.1) is 38.2 Å². The van der Waals surface area contributed by atoms with Crippen molar-refractivity contribution in [1.29, 1.82) is 0 Å². The molecule has 0 bridgehead atoms. The topological polar surface area (TPSA) is 114 Å². The molecule has 2 saturated heterocycles. The number of hydrogen-bond acceptors (Lipinski definition) is 11. The number of aryl methyl sites for hydroxylation is 1. The minimum atomic E-state index is -0.395. The number of carbonyl (C=O) groups is 1. The highest BCUT2D eigenvalue weighted by atomic mass is 16.5. The molecule has 2 fully saturated rings. The van der Waals surface area contributed by atoms with E-state index in [1.165, 1.54) is 0 Å². The summed E-state index contributed by atoms with van der Waals surface area (Å²) in [6, 6.07) is 14.4. The van der Waals surface area contributed by atoms with Crippen LogP contribution < -0.4 is 20.0 Å². The van der Waals surface area contributed by atoms with Gasteiger partial charge in [-0.15, -0.1) is 0 Å². The summed E-state index contributed by atoms with van der Waals surface area (Å²) < 4.78 is 16.4. The second-order valence-electron chi connectivity index (χ2n) is 8.66. The summed E-state index contributed by atoms with van der Waals surface area (Å²) in [4.78, 5) is 30.4. The van der Waals surface area contributed by atoms with Crippen molar-refractivity contribution < 1.29 is 19.0 Å². The van der Waals surface area contributed by atoms with Crippen LogP contribution in [-0.4, -0.2) is 79.7 Å². The number of morpholine rings is 2. The summed E-state index contributed by atoms with van der Waals surface area (Å²) >= 11 is 0. The van der Waals surface area contributed by atoms with Crippen LogP contribution >= 0.6 is 0 Å². The average Bonchev–Trinajstić information content (AvgIpc) is 2.95. The van der Waals surface area contributed by atoms with E-state index in [9.17, 15) is 4.79 Å². The Hall–Kier alpha value is -4.09. The molecule has 2 aliphatic rings. The van der Waals surface area contributed by atoms with Crippen LogP contribution in [0.2, 0.25) is 0 Å². The first kappa shape index (κ1) is 24.6. The molecule has 0 aliphatic carbocycles. The Bertz CT molecular complexity index is 1200. The van der Waals surface area contributed by atoms with Crippen molar-refractivity contribution in [2.75, 3.05) is 67.8 Å². The van der Waals surface area contributed by atoms with Gasteiger partial charge < -0.3 is 24.0 Å². The van der Waals surface area contributed by atoms with Gasteiger partial charge in [-0.2, -0.15) is 20.1 Å². The normalized spacial score (nSPS) is 16.1. The van der Waals surface area contributed by atoms with Gasteiger partial charge in [-0.3, -0.25) is 0 Å². The summed E-state index contributed by atoms with van der Waals surface area (Å²) in [5, 5.41) is 4.31. The Kier molecular flexibility index (Phi) is 7.82. The molecule has 0 saturated carbocycles.